The molecule has 0 amide bonds. The highest BCUT2D eigenvalue weighted by Crippen LogP contribution is 2.35. The molecule has 0 spiro atoms. The van der Waals surface area contributed by atoms with Crippen molar-refractivity contribution in [2.45, 2.75) is 5.92 Å². The zero-order chi connectivity index (χ0) is 14.0. The number of halogens is 4. The summed E-state index contributed by atoms with van der Waals surface area (Å²) in [6.45, 7) is 0.392. The maximum absolute atomic E-state index is 6.23. The first-order chi connectivity index (χ1) is 9.02. The SMILES string of the molecule is NCC(c1ccc(Cl)cc1Cl)c1ccc(Cl)cc1Cl. The van der Waals surface area contributed by atoms with E-state index in [4.69, 9.17) is 52.1 Å². The third-order valence-corrected chi connectivity index (χ3v) is 4.04. The predicted octanol–water partition coefficient (Wildman–Crippen LogP) is 5.39. The molecule has 100 valence electrons. The molecule has 0 aliphatic rings. The largest absolute Gasteiger partial charge is 0.330 e. The standard InChI is InChI=1S/C14H11Cl4N/c15-8-1-3-10(13(17)5-8)12(7-19)11-4-2-9(16)6-14(11)18/h1-6,12H,7,19H2. The van der Waals surface area contributed by atoms with Crippen LogP contribution < -0.4 is 5.73 Å². The highest BCUT2D eigenvalue weighted by atomic mass is 35.5. The summed E-state index contributed by atoms with van der Waals surface area (Å²) in [6.07, 6.45) is 0. The Morgan fingerprint density at radius 3 is 1.53 bits per heavy atom. The Morgan fingerprint density at radius 2 is 1.21 bits per heavy atom. The average Bonchev–Trinajstić information content (AvgIpc) is 2.34. The van der Waals surface area contributed by atoms with E-state index in [0.29, 0.717) is 26.6 Å². The van der Waals surface area contributed by atoms with Gasteiger partial charge in [-0.15, -0.1) is 0 Å². The number of nitrogens with two attached hydrogens (primary N) is 1. The van der Waals surface area contributed by atoms with Crippen LogP contribution in [0.15, 0.2) is 36.4 Å². The van der Waals surface area contributed by atoms with E-state index in [2.05, 4.69) is 0 Å². The van der Waals surface area contributed by atoms with Gasteiger partial charge in [-0.3, -0.25) is 0 Å². The zero-order valence-corrected chi connectivity index (χ0v) is 12.9. The van der Waals surface area contributed by atoms with E-state index in [1.54, 1.807) is 24.3 Å². The molecule has 2 rings (SSSR count). The molecule has 0 saturated heterocycles. The second-order valence-corrected chi connectivity index (χ2v) is 5.81. The van der Waals surface area contributed by atoms with Crippen LogP contribution in [-0.2, 0) is 0 Å². The molecular weight excluding hydrogens is 324 g/mol. The van der Waals surface area contributed by atoms with E-state index >= 15 is 0 Å². The molecule has 0 atom stereocenters. The molecule has 0 saturated carbocycles. The van der Waals surface area contributed by atoms with Crippen molar-refractivity contribution < 1.29 is 0 Å². The lowest BCUT2D eigenvalue weighted by Crippen LogP contribution is -2.14. The Labute approximate surface area is 132 Å². The third kappa shape index (κ3) is 3.36. The molecule has 19 heavy (non-hydrogen) atoms. The monoisotopic (exact) mass is 333 g/mol. The lowest BCUT2D eigenvalue weighted by molar-refractivity contribution is 0.819. The van der Waals surface area contributed by atoms with Crippen LogP contribution in [0.25, 0.3) is 0 Å². The Kier molecular flexibility index (Phi) is 4.99. The van der Waals surface area contributed by atoms with E-state index in [1.807, 2.05) is 12.1 Å². The molecule has 2 N–H and O–H groups in total. The van der Waals surface area contributed by atoms with Crippen molar-refractivity contribution in [1.29, 1.82) is 0 Å². The van der Waals surface area contributed by atoms with Gasteiger partial charge in [-0.05, 0) is 35.4 Å². The van der Waals surface area contributed by atoms with Crippen LogP contribution in [0, 0.1) is 0 Å². The molecule has 0 aromatic heterocycles. The first kappa shape index (κ1) is 15.0. The topological polar surface area (TPSA) is 26.0 Å². The first-order valence-electron chi connectivity index (χ1n) is 5.63. The minimum atomic E-state index is -0.0884. The van der Waals surface area contributed by atoms with Crippen LogP contribution in [0.3, 0.4) is 0 Å². The first-order valence-corrected chi connectivity index (χ1v) is 7.14. The summed E-state index contributed by atoms with van der Waals surface area (Å²) in [6, 6.07) is 10.7. The van der Waals surface area contributed by atoms with Crippen molar-refractivity contribution in [3.05, 3.63) is 67.6 Å². The normalized spacial score (nSPS) is 11.1. The lowest BCUT2D eigenvalue weighted by atomic mass is 9.91. The Balaban J connectivity index is 2.50. The molecule has 0 unspecified atom stereocenters. The summed E-state index contributed by atoms with van der Waals surface area (Å²) >= 11 is 24.3. The number of rotatable bonds is 3. The molecule has 0 radical (unpaired) electrons. The van der Waals surface area contributed by atoms with Gasteiger partial charge in [0.25, 0.3) is 0 Å². The van der Waals surface area contributed by atoms with E-state index in [0.717, 1.165) is 11.1 Å². The summed E-state index contributed by atoms with van der Waals surface area (Å²) in [7, 11) is 0. The van der Waals surface area contributed by atoms with Crippen LogP contribution in [0.2, 0.25) is 20.1 Å². The van der Waals surface area contributed by atoms with Crippen molar-refractivity contribution in [1.82, 2.24) is 0 Å². The second-order valence-electron chi connectivity index (χ2n) is 4.12. The minimum absolute atomic E-state index is 0.0884. The van der Waals surface area contributed by atoms with Gasteiger partial charge in [-0.1, -0.05) is 58.5 Å². The molecule has 2 aromatic carbocycles. The van der Waals surface area contributed by atoms with E-state index in [1.165, 1.54) is 0 Å². The molecule has 0 heterocycles. The Hall–Kier alpha value is -0.440. The smallest absolute Gasteiger partial charge is 0.0459 e. The van der Waals surface area contributed by atoms with Gasteiger partial charge in [0.2, 0.25) is 0 Å². The minimum Gasteiger partial charge on any atom is -0.330 e. The fraction of sp³-hybridized carbons (Fsp3) is 0.143. The second kappa shape index (κ2) is 6.34. The summed E-state index contributed by atoms with van der Waals surface area (Å²) in [4.78, 5) is 0. The number of benzene rings is 2. The van der Waals surface area contributed by atoms with Gasteiger partial charge < -0.3 is 5.73 Å². The molecule has 5 heteroatoms. The summed E-state index contributed by atoms with van der Waals surface area (Å²) in [5.41, 5.74) is 7.67. The molecule has 1 nitrogen and oxygen atoms in total. The molecule has 0 aliphatic carbocycles. The summed E-state index contributed by atoms with van der Waals surface area (Å²) in [5.74, 6) is -0.0884. The van der Waals surface area contributed by atoms with Gasteiger partial charge in [0.1, 0.15) is 0 Å². The summed E-state index contributed by atoms with van der Waals surface area (Å²) < 4.78 is 0. The molecule has 0 bridgehead atoms. The van der Waals surface area contributed by atoms with Crippen molar-refractivity contribution in [3.8, 4) is 0 Å². The highest BCUT2D eigenvalue weighted by Gasteiger charge is 2.18. The molecule has 2 aromatic rings. The van der Waals surface area contributed by atoms with Crippen LogP contribution in [-0.4, -0.2) is 6.54 Å². The lowest BCUT2D eigenvalue weighted by Gasteiger charge is -2.19. The van der Waals surface area contributed by atoms with E-state index in [-0.39, 0.29) is 5.92 Å². The summed E-state index contributed by atoms with van der Waals surface area (Å²) in [5, 5.41) is 2.33. The molecule has 0 fully saturated rings. The van der Waals surface area contributed by atoms with Crippen molar-refractivity contribution in [2.75, 3.05) is 6.54 Å². The average molecular weight is 335 g/mol. The van der Waals surface area contributed by atoms with E-state index in [9.17, 15) is 0 Å². The number of hydrogen-bond acceptors (Lipinski definition) is 1. The van der Waals surface area contributed by atoms with Crippen LogP contribution >= 0.6 is 46.4 Å². The van der Waals surface area contributed by atoms with Gasteiger partial charge in [-0.2, -0.15) is 0 Å². The van der Waals surface area contributed by atoms with Crippen LogP contribution in [0.4, 0.5) is 0 Å². The third-order valence-electron chi connectivity index (χ3n) is 2.91. The maximum atomic E-state index is 6.23. The maximum Gasteiger partial charge on any atom is 0.0459 e. The fourth-order valence-corrected chi connectivity index (χ4v) is 3.07. The fourth-order valence-electron chi connectivity index (χ4n) is 1.99. The predicted molar refractivity (Wildman–Crippen MR) is 83.8 cm³/mol. The molecule has 0 aliphatic heterocycles. The quantitative estimate of drug-likeness (QED) is 0.800. The van der Waals surface area contributed by atoms with E-state index < -0.39 is 0 Å². The highest BCUT2D eigenvalue weighted by molar-refractivity contribution is 6.36. The van der Waals surface area contributed by atoms with Gasteiger partial charge >= 0.3 is 0 Å². The molecular formula is C14H11Cl4N. The van der Waals surface area contributed by atoms with Gasteiger partial charge in [0.05, 0.1) is 0 Å². The van der Waals surface area contributed by atoms with Gasteiger partial charge in [-0.25, -0.2) is 0 Å². The number of hydrogen-bond donors (Lipinski definition) is 1. The zero-order valence-electron chi connectivity index (χ0n) is 9.84. The van der Waals surface area contributed by atoms with Crippen LogP contribution in [0.1, 0.15) is 17.0 Å². The van der Waals surface area contributed by atoms with Gasteiger partial charge in [0.15, 0.2) is 0 Å². The Morgan fingerprint density at radius 1 is 0.789 bits per heavy atom. The Bertz CT molecular complexity index is 546. The van der Waals surface area contributed by atoms with Crippen molar-refractivity contribution >= 4 is 46.4 Å². The van der Waals surface area contributed by atoms with Crippen molar-refractivity contribution in [3.63, 3.8) is 0 Å². The van der Waals surface area contributed by atoms with Crippen molar-refractivity contribution in [2.24, 2.45) is 5.73 Å². The van der Waals surface area contributed by atoms with Gasteiger partial charge in [0, 0.05) is 32.6 Å². The van der Waals surface area contributed by atoms with Crippen LogP contribution in [0.5, 0.6) is 0 Å².